The fraction of sp³-hybridized carbons (Fsp3) is 0.200. The van der Waals surface area contributed by atoms with E-state index >= 15 is 0 Å². The Morgan fingerprint density at radius 1 is 0.303 bits per heavy atom. The van der Waals surface area contributed by atoms with Crippen LogP contribution >= 0.6 is 0 Å². The Kier molecular flexibility index (Phi) is 10.4. The molecule has 3 heterocycles. The van der Waals surface area contributed by atoms with Gasteiger partial charge in [-0.05, 0) is 126 Å². The molecular formula is C60H56N6. The Morgan fingerprint density at radius 3 is 1.05 bits per heavy atom. The Morgan fingerprint density at radius 2 is 0.636 bits per heavy atom. The van der Waals surface area contributed by atoms with E-state index in [4.69, 9.17) is 20.0 Å². The van der Waals surface area contributed by atoms with E-state index in [0.717, 1.165) is 84.5 Å². The van der Waals surface area contributed by atoms with Crippen LogP contribution in [-0.2, 0) is 0 Å². The number of aliphatic imine (C=N–C) groups is 2. The largest absolute Gasteiger partial charge is 0.318 e. The molecule has 66 heavy (non-hydrogen) atoms. The van der Waals surface area contributed by atoms with E-state index < -0.39 is 0 Å². The minimum Gasteiger partial charge on any atom is -0.318 e. The van der Waals surface area contributed by atoms with Gasteiger partial charge in [0.15, 0.2) is 5.82 Å². The SMILES string of the molecule is CC1(C)N=C(c2ccc(-c3cc(-c4cc(-c5ccccc5)cc(-c5ccccc5)c4)nc(-c4ccc(C5=NC(C)(C)C(C)(C)N5c5ccccc5)cc4)n3)cc2)N(c2ccccc2)C1(C)C. The van der Waals surface area contributed by atoms with Crippen LogP contribution in [0.2, 0.25) is 0 Å². The van der Waals surface area contributed by atoms with E-state index in [-0.39, 0.29) is 22.2 Å². The number of hydrogen-bond donors (Lipinski definition) is 0. The van der Waals surface area contributed by atoms with Crippen molar-refractivity contribution in [3.05, 3.63) is 205 Å². The van der Waals surface area contributed by atoms with Crippen molar-refractivity contribution in [1.82, 2.24) is 9.97 Å². The number of nitrogens with zero attached hydrogens (tertiary/aromatic N) is 6. The van der Waals surface area contributed by atoms with Gasteiger partial charge < -0.3 is 9.80 Å². The Labute approximate surface area is 390 Å². The molecule has 10 rings (SSSR count). The van der Waals surface area contributed by atoms with Crippen LogP contribution in [0.1, 0.15) is 66.5 Å². The van der Waals surface area contributed by atoms with E-state index in [1.54, 1.807) is 0 Å². The summed E-state index contributed by atoms with van der Waals surface area (Å²) in [6.07, 6.45) is 0. The normalized spacial score (nSPS) is 16.8. The molecule has 0 amide bonds. The lowest BCUT2D eigenvalue weighted by Crippen LogP contribution is -2.53. The van der Waals surface area contributed by atoms with Crippen LogP contribution in [0.5, 0.6) is 0 Å². The van der Waals surface area contributed by atoms with Gasteiger partial charge in [-0.1, -0.05) is 146 Å². The number of anilines is 2. The molecule has 8 aromatic rings. The fourth-order valence-electron chi connectivity index (χ4n) is 9.21. The Bertz CT molecular complexity index is 2890. The van der Waals surface area contributed by atoms with Crippen LogP contribution in [-0.4, -0.2) is 43.8 Å². The van der Waals surface area contributed by atoms with Gasteiger partial charge in [0, 0.05) is 39.2 Å². The number of hydrogen-bond acceptors (Lipinski definition) is 6. The van der Waals surface area contributed by atoms with Gasteiger partial charge in [-0.25, -0.2) is 9.97 Å². The molecule has 0 saturated heterocycles. The molecule has 0 fully saturated rings. The van der Waals surface area contributed by atoms with Gasteiger partial charge in [-0.2, -0.15) is 0 Å². The highest BCUT2D eigenvalue weighted by Crippen LogP contribution is 2.44. The van der Waals surface area contributed by atoms with Gasteiger partial charge in [-0.15, -0.1) is 0 Å². The number of amidine groups is 2. The summed E-state index contributed by atoms with van der Waals surface area (Å²) in [6.45, 7) is 18.0. The third-order valence-electron chi connectivity index (χ3n) is 14.3. The monoisotopic (exact) mass is 860 g/mol. The van der Waals surface area contributed by atoms with E-state index in [0.29, 0.717) is 5.82 Å². The predicted octanol–water partition coefficient (Wildman–Crippen LogP) is 14.5. The van der Waals surface area contributed by atoms with E-state index in [2.05, 4.69) is 259 Å². The molecule has 6 nitrogen and oxygen atoms in total. The van der Waals surface area contributed by atoms with Gasteiger partial charge in [0.2, 0.25) is 0 Å². The van der Waals surface area contributed by atoms with Crippen molar-refractivity contribution in [1.29, 1.82) is 0 Å². The van der Waals surface area contributed by atoms with Crippen molar-refractivity contribution in [2.75, 3.05) is 9.80 Å². The van der Waals surface area contributed by atoms with Crippen molar-refractivity contribution in [2.24, 2.45) is 9.98 Å². The summed E-state index contributed by atoms with van der Waals surface area (Å²) in [5.74, 6) is 2.56. The zero-order chi connectivity index (χ0) is 45.8. The van der Waals surface area contributed by atoms with E-state index in [1.165, 1.54) is 0 Å². The smallest absolute Gasteiger partial charge is 0.160 e. The third-order valence-corrected chi connectivity index (χ3v) is 14.3. The third kappa shape index (κ3) is 7.50. The van der Waals surface area contributed by atoms with Gasteiger partial charge in [0.1, 0.15) is 11.7 Å². The van der Waals surface area contributed by atoms with Gasteiger partial charge >= 0.3 is 0 Å². The molecule has 0 N–H and O–H groups in total. The first-order chi connectivity index (χ1) is 31.7. The molecule has 7 aromatic carbocycles. The lowest BCUT2D eigenvalue weighted by atomic mass is 9.83. The van der Waals surface area contributed by atoms with Crippen molar-refractivity contribution in [3.63, 3.8) is 0 Å². The maximum Gasteiger partial charge on any atom is 0.160 e. The maximum absolute atomic E-state index is 5.38. The maximum atomic E-state index is 5.38. The lowest BCUT2D eigenvalue weighted by Gasteiger charge is -2.41. The van der Waals surface area contributed by atoms with Crippen molar-refractivity contribution >= 4 is 23.0 Å². The molecule has 0 unspecified atom stereocenters. The molecule has 0 spiro atoms. The summed E-state index contributed by atoms with van der Waals surface area (Å²) in [4.78, 5) is 26.2. The molecule has 0 bridgehead atoms. The number of rotatable bonds is 9. The molecule has 2 aliphatic rings. The highest BCUT2D eigenvalue weighted by atomic mass is 15.3. The molecule has 6 heteroatoms. The minimum atomic E-state index is -0.317. The zero-order valence-electron chi connectivity index (χ0n) is 39.2. The van der Waals surface area contributed by atoms with Crippen LogP contribution in [0.4, 0.5) is 11.4 Å². The van der Waals surface area contributed by atoms with Crippen molar-refractivity contribution < 1.29 is 0 Å². The number of para-hydroxylation sites is 2. The van der Waals surface area contributed by atoms with Gasteiger partial charge in [-0.3, -0.25) is 9.98 Å². The average Bonchev–Trinajstić information content (AvgIpc) is 3.66. The second kappa shape index (κ2) is 16.2. The van der Waals surface area contributed by atoms with Crippen molar-refractivity contribution in [3.8, 4) is 56.2 Å². The Hall–Kier alpha value is -7.44. The van der Waals surface area contributed by atoms with Crippen LogP contribution in [0.15, 0.2) is 204 Å². The topological polar surface area (TPSA) is 57.0 Å². The summed E-state index contributed by atoms with van der Waals surface area (Å²) in [5.41, 5.74) is 12.4. The van der Waals surface area contributed by atoms with Gasteiger partial charge in [0.05, 0.1) is 33.5 Å². The van der Waals surface area contributed by atoms with E-state index in [1.807, 2.05) is 0 Å². The summed E-state index contributed by atoms with van der Waals surface area (Å²) in [7, 11) is 0. The molecular weight excluding hydrogens is 805 g/mol. The first kappa shape index (κ1) is 42.5. The van der Waals surface area contributed by atoms with Crippen LogP contribution < -0.4 is 9.80 Å². The quantitative estimate of drug-likeness (QED) is 0.145. The van der Waals surface area contributed by atoms with Crippen molar-refractivity contribution in [2.45, 2.75) is 77.5 Å². The summed E-state index contributed by atoms with van der Waals surface area (Å²) in [6, 6.07) is 68.6. The second-order valence-corrected chi connectivity index (χ2v) is 19.6. The number of benzene rings is 7. The lowest BCUT2D eigenvalue weighted by molar-refractivity contribution is 0.338. The summed E-state index contributed by atoms with van der Waals surface area (Å²) >= 11 is 0. The van der Waals surface area contributed by atoms with Crippen LogP contribution in [0.25, 0.3) is 56.2 Å². The molecule has 0 aliphatic carbocycles. The van der Waals surface area contributed by atoms with Crippen LogP contribution in [0, 0.1) is 0 Å². The first-order valence-corrected chi connectivity index (χ1v) is 23.0. The van der Waals surface area contributed by atoms with E-state index in [9.17, 15) is 0 Å². The standard InChI is InChI=1S/C60H56N6/c1-57(2)59(5,6)65(50-25-17-11-18-26-50)55(63-57)45-33-29-43(30-34-45)52-40-53(49-38-47(41-21-13-9-14-22-41)37-48(39-49)42-23-15-10-16-24-42)62-54(61-52)44-31-35-46(36-32-44)56-64-58(3,4)60(7,8)66(56)51-27-19-12-20-28-51/h9-40H,1-8H3. The minimum absolute atomic E-state index is 0.252. The predicted molar refractivity (Wildman–Crippen MR) is 276 cm³/mol. The first-order valence-electron chi connectivity index (χ1n) is 23.0. The molecule has 326 valence electrons. The zero-order valence-corrected chi connectivity index (χ0v) is 39.2. The summed E-state index contributed by atoms with van der Waals surface area (Å²) < 4.78 is 0. The number of aromatic nitrogens is 2. The highest BCUT2D eigenvalue weighted by Gasteiger charge is 2.51. The molecule has 2 aliphatic heterocycles. The summed E-state index contributed by atoms with van der Waals surface area (Å²) in [5, 5.41) is 0. The average molecular weight is 861 g/mol. The molecule has 0 radical (unpaired) electrons. The van der Waals surface area contributed by atoms with Crippen LogP contribution in [0.3, 0.4) is 0 Å². The van der Waals surface area contributed by atoms with Gasteiger partial charge in [0.25, 0.3) is 0 Å². The Balaban J connectivity index is 1.09. The fourth-order valence-corrected chi connectivity index (χ4v) is 9.21. The molecule has 0 atom stereocenters. The molecule has 0 saturated carbocycles. The highest BCUT2D eigenvalue weighted by molar-refractivity contribution is 6.14. The molecule has 1 aromatic heterocycles. The second-order valence-electron chi connectivity index (χ2n) is 19.6.